The van der Waals surface area contributed by atoms with Gasteiger partial charge in [-0.2, -0.15) is 11.3 Å². The molecule has 6 heteroatoms. The summed E-state index contributed by atoms with van der Waals surface area (Å²) in [6, 6.07) is 38.3. The van der Waals surface area contributed by atoms with Gasteiger partial charge < -0.3 is 9.97 Å². The molecule has 7 aromatic rings. The average Bonchev–Trinajstić information content (AvgIpc) is 3.46. The normalized spacial score (nSPS) is 11.5. The average molecular weight is 857 g/mol. The first-order valence-corrected chi connectivity index (χ1v) is 20.9. The number of thiophene rings is 1. The Morgan fingerprint density at radius 2 is 1.51 bits per heavy atom. The van der Waals surface area contributed by atoms with E-state index in [0.717, 1.165) is 32.8 Å². The van der Waals surface area contributed by atoms with Crippen LogP contribution in [0.3, 0.4) is 0 Å². The van der Waals surface area contributed by atoms with Crippen LogP contribution in [0.15, 0.2) is 109 Å². The Labute approximate surface area is 308 Å². The second-order valence-corrected chi connectivity index (χ2v) is 19.9. The fourth-order valence-electron chi connectivity index (χ4n) is 6.01. The monoisotopic (exact) mass is 857 g/mol. The van der Waals surface area contributed by atoms with Crippen LogP contribution in [0.5, 0.6) is 0 Å². The van der Waals surface area contributed by atoms with Gasteiger partial charge in [0.15, 0.2) is 0 Å². The van der Waals surface area contributed by atoms with Crippen molar-refractivity contribution < 1.29 is 24.5 Å². The van der Waals surface area contributed by atoms with Crippen molar-refractivity contribution in [2.24, 2.45) is 0 Å². The number of pyridine rings is 2. The fraction of sp³-hybridized carbons (Fsp3) is 0.209. The number of nitrogens with zero attached hydrogens (tertiary/aromatic N) is 2. The Balaban J connectivity index is 0.000000205. The Morgan fingerprint density at radius 3 is 2.20 bits per heavy atom. The van der Waals surface area contributed by atoms with Gasteiger partial charge in [-0.3, -0.25) is 0 Å². The van der Waals surface area contributed by atoms with Crippen LogP contribution in [0.2, 0.25) is 19.6 Å². The van der Waals surface area contributed by atoms with E-state index in [-0.39, 0.29) is 25.9 Å². The quantitative estimate of drug-likeness (QED) is 0.123. The van der Waals surface area contributed by atoms with E-state index in [1.807, 2.05) is 48.7 Å². The van der Waals surface area contributed by atoms with Crippen molar-refractivity contribution >= 4 is 44.8 Å². The molecule has 0 aliphatic rings. The Morgan fingerprint density at radius 1 is 0.735 bits per heavy atom. The zero-order valence-electron chi connectivity index (χ0n) is 29.1. The van der Waals surface area contributed by atoms with Crippen molar-refractivity contribution in [3.63, 3.8) is 0 Å². The summed E-state index contributed by atoms with van der Waals surface area (Å²) >= 11 is 1.72. The SMILES string of the molecule is CC(C)c1cc(-c2[c-]cccc2)ncc1[Si](C)(C)C.CC(C)c1ccnc(-c2[c-]ccc3c2sc2cc(-c4ccccc4F)ccc23)c1.[Ir]. The number of fused-ring (bicyclic) bond motifs is 3. The minimum absolute atomic E-state index is 0. The molecule has 0 unspecified atom stereocenters. The molecule has 0 fully saturated rings. The first kappa shape index (κ1) is 36.5. The van der Waals surface area contributed by atoms with Gasteiger partial charge in [-0.25, -0.2) is 4.39 Å². The van der Waals surface area contributed by atoms with Crippen molar-refractivity contribution in [3.8, 4) is 33.6 Å². The van der Waals surface area contributed by atoms with Crippen LogP contribution in [0, 0.1) is 17.9 Å². The van der Waals surface area contributed by atoms with Crippen molar-refractivity contribution in [1.29, 1.82) is 0 Å². The second kappa shape index (κ2) is 15.4. The maximum atomic E-state index is 14.3. The molecule has 0 amide bonds. The first-order valence-electron chi connectivity index (χ1n) is 16.6. The van der Waals surface area contributed by atoms with Crippen LogP contribution in [0.1, 0.15) is 50.7 Å². The number of halogens is 1. The smallest absolute Gasteiger partial charge is 0.131 e. The second-order valence-electron chi connectivity index (χ2n) is 13.9. The molecule has 0 aliphatic carbocycles. The van der Waals surface area contributed by atoms with Gasteiger partial charge in [0.2, 0.25) is 0 Å². The molecule has 0 saturated heterocycles. The van der Waals surface area contributed by atoms with E-state index >= 15 is 0 Å². The van der Waals surface area contributed by atoms with Crippen LogP contribution in [0.4, 0.5) is 4.39 Å². The molecule has 0 N–H and O–H groups in total. The summed E-state index contributed by atoms with van der Waals surface area (Å²) in [6.45, 7) is 16.0. The molecule has 3 heterocycles. The summed E-state index contributed by atoms with van der Waals surface area (Å²) in [7, 11) is -1.34. The third-order valence-corrected chi connectivity index (χ3v) is 11.9. The minimum Gasteiger partial charge on any atom is -0.305 e. The summed E-state index contributed by atoms with van der Waals surface area (Å²) in [5, 5.41) is 3.85. The summed E-state index contributed by atoms with van der Waals surface area (Å²) in [5.74, 6) is 0.783. The Hall–Kier alpha value is -3.80. The van der Waals surface area contributed by atoms with Gasteiger partial charge >= 0.3 is 0 Å². The van der Waals surface area contributed by atoms with Gasteiger partial charge in [-0.1, -0.05) is 106 Å². The standard InChI is InChI=1S/C26H19FNS.C17H22NSi.Ir/c1-16(2)17-12-13-28-24(14-17)22-8-5-7-21-20-11-10-18(15-25(20)29-26(21)22)19-6-3-4-9-23(19)27;1-13(2)15-11-16(14-9-7-6-8-10-14)18-12-17(15)19(3,4)5;/h3-7,9-16H,1-2H3;6-9,11-13H,1-5H3;/q2*-1;. The molecule has 1 radical (unpaired) electrons. The number of hydrogen-bond donors (Lipinski definition) is 0. The molecule has 0 atom stereocenters. The van der Waals surface area contributed by atoms with E-state index in [9.17, 15) is 4.39 Å². The summed E-state index contributed by atoms with van der Waals surface area (Å²) in [6.07, 6.45) is 3.97. The third-order valence-electron chi connectivity index (χ3n) is 8.68. The van der Waals surface area contributed by atoms with E-state index in [4.69, 9.17) is 0 Å². The molecule has 0 saturated carbocycles. The third kappa shape index (κ3) is 8.00. The summed E-state index contributed by atoms with van der Waals surface area (Å²) in [4.78, 5) is 9.28. The maximum absolute atomic E-state index is 14.3. The number of rotatable bonds is 6. The largest absolute Gasteiger partial charge is 0.305 e. The minimum atomic E-state index is -1.34. The molecule has 0 spiro atoms. The number of hydrogen-bond acceptors (Lipinski definition) is 3. The predicted molar refractivity (Wildman–Crippen MR) is 206 cm³/mol. The van der Waals surface area contributed by atoms with E-state index in [1.54, 1.807) is 17.4 Å². The van der Waals surface area contributed by atoms with E-state index in [2.05, 4.69) is 118 Å². The van der Waals surface area contributed by atoms with Crippen molar-refractivity contribution in [3.05, 3.63) is 139 Å². The zero-order valence-corrected chi connectivity index (χ0v) is 33.3. The number of benzene rings is 4. The van der Waals surface area contributed by atoms with Crippen LogP contribution < -0.4 is 5.19 Å². The van der Waals surface area contributed by atoms with Gasteiger partial charge in [0.25, 0.3) is 0 Å². The molecule has 7 rings (SSSR count). The topological polar surface area (TPSA) is 25.8 Å². The molecule has 0 bridgehead atoms. The van der Waals surface area contributed by atoms with Crippen LogP contribution in [-0.2, 0) is 20.1 Å². The molecular formula is C43H41FIrN2SSi-2. The van der Waals surface area contributed by atoms with Crippen molar-refractivity contribution in [2.45, 2.75) is 59.2 Å². The molecule has 3 aromatic heterocycles. The van der Waals surface area contributed by atoms with Gasteiger partial charge in [-0.05, 0) is 62.3 Å². The van der Waals surface area contributed by atoms with Gasteiger partial charge in [0.1, 0.15) is 5.82 Å². The Bertz CT molecular complexity index is 2200. The first-order chi connectivity index (χ1) is 23.0. The summed E-state index contributed by atoms with van der Waals surface area (Å²) < 4.78 is 16.6. The molecular weight excluding hydrogens is 816 g/mol. The molecule has 0 aliphatic heterocycles. The predicted octanol–water partition coefficient (Wildman–Crippen LogP) is 12.1. The van der Waals surface area contributed by atoms with Crippen molar-refractivity contribution in [1.82, 2.24) is 9.97 Å². The number of aromatic nitrogens is 2. The summed E-state index contributed by atoms with van der Waals surface area (Å²) in [5.41, 5.74) is 8.32. The van der Waals surface area contributed by atoms with E-state index < -0.39 is 8.07 Å². The van der Waals surface area contributed by atoms with Gasteiger partial charge in [0, 0.05) is 42.8 Å². The van der Waals surface area contributed by atoms with Gasteiger partial charge in [-0.15, -0.1) is 59.7 Å². The fourth-order valence-corrected chi connectivity index (χ4v) is 8.94. The van der Waals surface area contributed by atoms with E-state index in [1.165, 1.54) is 37.9 Å². The van der Waals surface area contributed by atoms with Crippen LogP contribution in [0.25, 0.3) is 53.8 Å². The molecule has 49 heavy (non-hydrogen) atoms. The molecule has 251 valence electrons. The van der Waals surface area contributed by atoms with E-state index in [0.29, 0.717) is 17.4 Å². The van der Waals surface area contributed by atoms with Crippen LogP contribution in [-0.4, -0.2) is 18.0 Å². The Kier molecular flexibility index (Phi) is 11.5. The van der Waals surface area contributed by atoms with Crippen LogP contribution >= 0.6 is 11.3 Å². The molecule has 4 aromatic carbocycles. The zero-order chi connectivity index (χ0) is 34.0. The van der Waals surface area contributed by atoms with Crippen molar-refractivity contribution in [2.75, 3.05) is 0 Å². The maximum Gasteiger partial charge on any atom is 0.131 e. The molecule has 2 nitrogen and oxygen atoms in total. The van der Waals surface area contributed by atoms with Gasteiger partial charge in [0.05, 0.1) is 8.07 Å².